The van der Waals surface area contributed by atoms with E-state index >= 15 is 0 Å². The lowest BCUT2D eigenvalue weighted by Gasteiger charge is -2.38. The van der Waals surface area contributed by atoms with Crippen molar-refractivity contribution in [3.05, 3.63) is 48.2 Å². The molecular weight excluding hydrogens is 442 g/mol. The molecule has 0 saturated heterocycles. The molecule has 35 heavy (non-hydrogen) atoms. The largest absolute Gasteiger partial charge is 0.472 e. The van der Waals surface area contributed by atoms with E-state index < -0.39 is 0 Å². The lowest BCUT2D eigenvalue weighted by atomic mass is 9.88. The second-order valence-electron chi connectivity index (χ2n) is 10.1. The average Bonchev–Trinajstić information content (AvgIpc) is 2.90. The van der Waals surface area contributed by atoms with Crippen molar-refractivity contribution in [1.82, 2.24) is 14.8 Å². The number of aliphatic hydroxyl groups is 1. The van der Waals surface area contributed by atoms with E-state index in [0.29, 0.717) is 18.7 Å². The predicted octanol–water partition coefficient (Wildman–Crippen LogP) is 4.01. The van der Waals surface area contributed by atoms with Crippen molar-refractivity contribution in [1.29, 1.82) is 0 Å². The minimum atomic E-state index is -0.349. The number of amides is 2. The molecule has 0 spiro atoms. The quantitative estimate of drug-likeness (QED) is 0.677. The molecule has 4 rings (SSSR count). The summed E-state index contributed by atoms with van der Waals surface area (Å²) in [6, 6.07) is 11.3. The Morgan fingerprint density at radius 1 is 1.20 bits per heavy atom. The number of ether oxygens (including phenoxy) is 1. The number of benzene rings is 1. The Bertz CT molecular complexity index is 1020. The SMILES string of the molecule is C[C@H]1CN([C@@H](C)CO)C(=O)c2cc(-c3ccccc3)cnc2O[C@@H]1CN(C)C(=O)C1CCCCC1. The van der Waals surface area contributed by atoms with Gasteiger partial charge in [-0.3, -0.25) is 9.59 Å². The highest BCUT2D eigenvalue weighted by molar-refractivity contribution is 5.98. The number of aliphatic hydroxyl groups excluding tert-OH is 1. The maximum atomic E-state index is 13.6. The number of carbonyl (C=O) groups excluding carboxylic acids is 2. The summed E-state index contributed by atoms with van der Waals surface area (Å²) in [5.41, 5.74) is 2.17. The van der Waals surface area contributed by atoms with Crippen LogP contribution in [0.4, 0.5) is 0 Å². The van der Waals surface area contributed by atoms with Gasteiger partial charge in [-0.25, -0.2) is 4.98 Å². The predicted molar refractivity (Wildman–Crippen MR) is 135 cm³/mol. The summed E-state index contributed by atoms with van der Waals surface area (Å²) < 4.78 is 6.37. The lowest BCUT2D eigenvalue weighted by molar-refractivity contribution is -0.136. The molecule has 1 aromatic heterocycles. The van der Waals surface area contributed by atoms with Crippen molar-refractivity contribution < 1.29 is 19.4 Å². The molecule has 2 heterocycles. The zero-order valence-corrected chi connectivity index (χ0v) is 21.0. The molecule has 1 saturated carbocycles. The zero-order chi connectivity index (χ0) is 24.9. The molecule has 1 aliphatic heterocycles. The van der Waals surface area contributed by atoms with Crippen molar-refractivity contribution >= 4 is 11.8 Å². The van der Waals surface area contributed by atoms with Gasteiger partial charge in [-0.05, 0) is 31.4 Å². The highest BCUT2D eigenvalue weighted by atomic mass is 16.5. The monoisotopic (exact) mass is 479 g/mol. The molecule has 1 aromatic carbocycles. The van der Waals surface area contributed by atoms with E-state index in [1.54, 1.807) is 16.0 Å². The number of hydrogen-bond donors (Lipinski definition) is 1. The smallest absolute Gasteiger partial charge is 0.259 e. The number of aromatic nitrogens is 1. The van der Waals surface area contributed by atoms with Crippen LogP contribution in [0.5, 0.6) is 5.88 Å². The maximum Gasteiger partial charge on any atom is 0.259 e. The summed E-state index contributed by atoms with van der Waals surface area (Å²) in [7, 11) is 1.85. The molecule has 188 valence electrons. The first-order valence-corrected chi connectivity index (χ1v) is 12.8. The van der Waals surface area contributed by atoms with Gasteiger partial charge in [0.15, 0.2) is 0 Å². The summed E-state index contributed by atoms with van der Waals surface area (Å²) in [5.74, 6) is 0.276. The van der Waals surface area contributed by atoms with Crippen LogP contribution >= 0.6 is 0 Å². The molecular formula is C28H37N3O4. The Balaban J connectivity index is 1.64. The lowest BCUT2D eigenvalue weighted by Crippen LogP contribution is -2.51. The van der Waals surface area contributed by atoms with Crippen molar-refractivity contribution in [2.24, 2.45) is 11.8 Å². The molecule has 0 bridgehead atoms. The van der Waals surface area contributed by atoms with Crippen LogP contribution in [-0.4, -0.2) is 70.6 Å². The second kappa shape index (κ2) is 11.2. The van der Waals surface area contributed by atoms with E-state index in [4.69, 9.17) is 4.74 Å². The van der Waals surface area contributed by atoms with Gasteiger partial charge < -0.3 is 19.6 Å². The van der Waals surface area contributed by atoms with Crippen LogP contribution in [0.25, 0.3) is 11.1 Å². The molecule has 0 radical (unpaired) electrons. The molecule has 2 aliphatic rings. The standard InChI is InChI=1S/C28H37N3O4/c1-19-16-31(20(2)18-32)28(34)24-14-23(21-10-6-4-7-11-21)15-29-26(24)35-25(19)17-30(3)27(33)22-12-8-5-9-13-22/h4,6-7,10-11,14-15,19-20,22,25,32H,5,8-9,12-13,16-18H2,1-3H3/t19-,20-,25+/m0/s1. The summed E-state index contributed by atoms with van der Waals surface area (Å²) in [6.45, 7) is 4.58. The normalized spacial score (nSPS) is 21.9. The minimum absolute atomic E-state index is 0.0571. The van der Waals surface area contributed by atoms with Crippen molar-refractivity contribution in [2.45, 2.75) is 58.1 Å². The summed E-state index contributed by atoms with van der Waals surface area (Å²) in [5, 5.41) is 9.87. The van der Waals surface area contributed by atoms with Crippen LogP contribution in [0.1, 0.15) is 56.3 Å². The van der Waals surface area contributed by atoms with Crippen molar-refractivity contribution in [3.63, 3.8) is 0 Å². The molecule has 3 atom stereocenters. The van der Waals surface area contributed by atoms with E-state index in [2.05, 4.69) is 4.98 Å². The summed E-state index contributed by atoms with van der Waals surface area (Å²) >= 11 is 0. The van der Waals surface area contributed by atoms with Gasteiger partial charge in [-0.15, -0.1) is 0 Å². The first-order valence-electron chi connectivity index (χ1n) is 12.8. The molecule has 2 amide bonds. The fraction of sp³-hybridized carbons (Fsp3) is 0.536. The van der Waals surface area contributed by atoms with Crippen LogP contribution in [0, 0.1) is 11.8 Å². The van der Waals surface area contributed by atoms with E-state index in [1.807, 2.05) is 57.3 Å². The Morgan fingerprint density at radius 2 is 1.91 bits per heavy atom. The van der Waals surface area contributed by atoms with Gasteiger partial charge in [0.1, 0.15) is 11.7 Å². The molecule has 1 fully saturated rings. The summed E-state index contributed by atoms with van der Waals surface area (Å²) in [4.78, 5) is 34.8. The first kappa shape index (κ1) is 25.2. The fourth-order valence-electron chi connectivity index (χ4n) is 5.13. The van der Waals surface area contributed by atoms with Gasteiger partial charge in [-0.2, -0.15) is 0 Å². The number of pyridine rings is 1. The van der Waals surface area contributed by atoms with Crippen LogP contribution in [0.2, 0.25) is 0 Å². The van der Waals surface area contributed by atoms with Crippen LogP contribution in [-0.2, 0) is 4.79 Å². The molecule has 1 aliphatic carbocycles. The number of nitrogens with zero attached hydrogens (tertiary/aromatic N) is 3. The molecule has 2 aromatic rings. The highest BCUT2D eigenvalue weighted by Gasteiger charge is 2.35. The van der Waals surface area contributed by atoms with Gasteiger partial charge in [-0.1, -0.05) is 56.5 Å². The number of fused-ring (bicyclic) bond motifs is 1. The van der Waals surface area contributed by atoms with E-state index in [-0.39, 0.29) is 48.3 Å². The van der Waals surface area contributed by atoms with Crippen LogP contribution < -0.4 is 4.74 Å². The van der Waals surface area contributed by atoms with Gasteiger partial charge in [0.25, 0.3) is 5.91 Å². The number of rotatable bonds is 6. The van der Waals surface area contributed by atoms with Crippen molar-refractivity contribution in [3.8, 4) is 17.0 Å². The Hall–Kier alpha value is -2.93. The fourth-order valence-corrected chi connectivity index (χ4v) is 5.13. The van der Waals surface area contributed by atoms with E-state index in [0.717, 1.165) is 36.8 Å². The van der Waals surface area contributed by atoms with Gasteiger partial charge in [0, 0.05) is 37.2 Å². The topological polar surface area (TPSA) is 83.0 Å². The number of likely N-dealkylation sites (N-methyl/N-ethyl adjacent to an activating group) is 1. The average molecular weight is 480 g/mol. The Kier molecular flexibility index (Phi) is 8.06. The Labute approximate surface area is 208 Å². The van der Waals surface area contributed by atoms with E-state index in [9.17, 15) is 14.7 Å². The van der Waals surface area contributed by atoms with Crippen LogP contribution in [0.15, 0.2) is 42.6 Å². The zero-order valence-electron chi connectivity index (χ0n) is 21.0. The van der Waals surface area contributed by atoms with Crippen molar-refractivity contribution in [2.75, 3.05) is 26.7 Å². The third kappa shape index (κ3) is 5.67. The summed E-state index contributed by atoms with van der Waals surface area (Å²) in [6.07, 6.45) is 6.72. The molecule has 1 N–H and O–H groups in total. The van der Waals surface area contributed by atoms with E-state index in [1.165, 1.54) is 6.42 Å². The van der Waals surface area contributed by atoms with Crippen LogP contribution in [0.3, 0.4) is 0 Å². The number of carbonyl (C=O) groups is 2. The van der Waals surface area contributed by atoms with Gasteiger partial charge in [0.05, 0.1) is 19.2 Å². The minimum Gasteiger partial charge on any atom is -0.472 e. The maximum absolute atomic E-state index is 13.6. The Morgan fingerprint density at radius 3 is 2.60 bits per heavy atom. The molecule has 0 unspecified atom stereocenters. The van der Waals surface area contributed by atoms with Gasteiger partial charge in [0.2, 0.25) is 11.8 Å². The second-order valence-corrected chi connectivity index (χ2v) is 10.1. The third-order valence-corrected chi connectivity index (χ3v) is 7.41. The highest BCUT2D eigenvalue weighted by Crippen LogP contribution is 2.31. The third-order valence-electron chi connectivity index (χ3n) is 7.41. The molecule has 7 nitrogen and oxygen atoms in total. The molecule has 7 heteroatoms. The number of hydrogen-bond acceptors (Lipinski definition) is 5. The van der Waals surface area contributed by atoms with Gasteiger partial charge >= 0.3 is 0 Å². The first-order chi connectivity index (χ1) is 16.9.